The Morgan fingerprint density at radius 1 is 1.09 bits per heavy atom. The lowest BCUT2D eigenvalue weighted by Crippen LogP contribution is -1.99. The molecule has 2 aromatic carbocycles. The Morgan fingerprint density at radius 3 is 2.65 bits per heavy atom. The minimum absolute atomic E-state index is 0.708. The maximum atomic E-state index is 6.42. The van der Waals surface area contributed by atoms with Crippen LogP contribution in [0.5, 0.6) is 0 Å². The number of H-pyrrole nitrogens is 1. The van der Waals surface area contributed by atoms with Crippen LogP contribution in [0.15, 0.2) is 40.9 Å². The number of nitrogens with two attached hydrogens (primary N) is 1. The first-order valence-corrected chi connectivity index (χ1v) is 9.10. The molecule has 0 bridgehead atoms. The van der Waals surface area contributed by atoms with Crippen LogP contribution in [0.3, 0.4) is 0 Å². The van der Waals surface area contributed by atoms with Gasteiger partial charge in [-0.2, -0.15) is 0 Å². The Kier molecular flexibility index (Phi) is 5.32. The van der Waals surface area contributed by atoms with E-state index in [9.17, 15) is 0 Å². The highest BCUT2D eigenvalue weighted by Crippen LogP contribution is 2.37. The topological polar surface area (TPSA) is 41.8 Å². The number of unbranched alkanes of at least 4 members (excludes halogenated alkanes) is 1. The smallest absolute Gasteiger partial charge is 0.0658 e. The van der Waals surface area contributed by atoms with Crippen molar-refractivity contribution in [2.75, 3.05) is 6.54 Å². The monoisotopic (exact) mass is 410 g/mol. The molecule has 0 saturated carbocycles. The molecule has 0 spiro atoms. The van der Waals surface area contributed by atoms with Crippen molar-refractivity contribution in [2.45, 2.75) is 19.3 Å². The minimum atomic E-state index is 0.708. The molecule has 0 saturated heterocycles. The van der Waals surface area contributed by atoms with Crippen LogP contribution in [0.2, 0.25) is 10.0 Å². The molecule has 0 amide bonds. The highest BCUT2D eigenvalue weighted by Gasteiger charge is 2.15. The van der Waals surface area contributed by atoms with Crippen molar-refractivity contribution < 1.29 is 0 Å². The second-order valence-corrected chi connectivity index (χ2v) is 7.30. The van der Waals surface area contributed by atoms with E-state index in [1.807, 2.05) is 24.3 Å². The SMILES string of the molecule is NCCCCc1c(-c2cccc(Cl)c2)[nH]c2c(Cl)cc(Br)cc12. The largest absolute Gasteiger partial charge is 0.353 e. The highest BCUT2D eigenvalue weighted by atomic mass is 79.9. The van der Waals surface area contributed by atoms with Crippen molar-refractivity contribution in [3.8, 4) is 11.3 Å². The van der Waals surface area contributed by atoms with Crippen LogP contribution in [0.4, 0.5) is 0 Å². The quantitative estimate of drug-likeness (QED) is 0.483. The van der Waals surface area contributed by atoms with Gasteiger partial charge < -0.3 is 10.7 Å². The fourth-order valence-corrected chi connectivity index (χ4v) is 3.92. The predicted octanol–water partition coefficient (Wildman–Crippen LogP) is 6.19. The maximum absolute atomic E-state index is 6.42. The van der Waals surface area contributed by atoms with Gasteiger partial charge in [-0.15, -0.1) is 0 Å². The van der Waals surface area contributed by atoms with Crippen molar-refractivity contribution in [2.24, 2.45) is 5.73 Å². The van der Waals surface area contributed by atoms with Gasteiger partial charge in [-0.1, -0.05) is 51.3 Å². The third kappa shape index (κ3) is 3.58. The zero-order chi connectivity index (χ0) is 16.4. The van der Waals surface area contributed by atoms with Crippen LogP contribution in [-0.2, 0) is 6.42 Å². The van der Waals surface area contributed by atoms with Crippen molar-refractivity contribution in [3.05, 3.63) is 56.5 Å². The molecule has 1 aromatic heterocycles. The third-order valence-electron chi connectivity index (χ3n) is 3.93. The summed E-state index contributed by atoms with van der Waals surface area (Å²) in [6.07, 6.45) is 3.00. The summed E-state index contributed by atoms with van der Waals surface area (Å²) < 4.78 is 0.978. The first-order valence-electron chi connectivity index (χ1n) is 7.55. The standard InChI is InChI=1S/C18H17BrCl2N2/c19-12-9-15-14(6-1-2-7-22)17(23-18(15)16(21)10-12)11-4-3-5-13(20)8-11/h3-5,8-10,23H,1-2,6-7,22H2. The summed E-state index contributed by atoms with van der Waals surface area (Å²) in [6, 6.07) is 11.9. The Hall–Kier alpha value is -1.000. The summed E-state index contributed by atoms with van der Waals surface area (Å²) in [5.41, 5.74) is 10.0. The molecule has 5 heteroatoms. The number of benzene rings is 2. The van der Waals surface area contributed by atoms with E-state index in [2.05, 4.69) is 33.0 Å². The average Bonchev–Trinajstić information content (AvgIpc) is 2.87. The normalized spacial score (nSPS) is 11.3. The van der Waals surface area contributed by atoms with E-state index in [0.717, 1.165) is 50.9 Å². The van der Waals surface area contributed by atoms with Crippen LogP contribution in [-0.4, -0.2) is 11.5 Å². The molecule has 0 unspecified atom stereocenters. The van der Waals surface area contributed by atoms with Gasteiger partial charge in [0.15, 0.2) is 0 Å². The van der Waals surface area contributed by atoms with E-state index in [0.29, 0.717) is 11.6 Å². The second-order valence-electron chi connectivity index (χ2n) is 5.54. The molecule has 0 aliphatic heterocycles. The fourth-order valence-electron chi connectivity index (χ4n) is 2.87. The molecule has 0 atom stereocenters. The number of hydrogen-bond acceptors (Lipinski definition) is 1. The molecule has 3 N–H and O–H groups in total. The second kappa shape index (κ2) is 7.27. The lowest BCUT2D eigenvalue weighted by Gasteiger charge is -2.06. The van der Waals surface area contributed by atoms with Gasteiger partial charge >= 0.3 is 0 Å². The fraction of sp³-hybridized carbons (Fsp3) is 0.222. The van der Waals surface area contributed by atoms with Gasteiger partial charge in [0.1, 0.15) is 0 Å². The number of halogens is 3. The van der Waals surface area contributed by atoms with Gasteiger partial charge in [-0.05, 0) is 61.2 Å². The predicted molar refractivity (Wildman–Crippen MR) is 103 cm³/mol. The van der Waals surface area contributed by atoms with Crippen molar-refractivity contribution >= 4 is 50.0 Å². The maximum Gasteiger partial charge on any atom is 0.0658 e. The minimum Gasteiger partial charge on any atom is -0.353 e. The van der Waals surface area contributed by atoms with Gasteiger partial charge in [0.2, 0.25) is 0 Å². The number of nitrogens with one attached hydrogen (secondary N) is 1. The Balaban J connectivity index is 2.19. The average molecular weight is 412 g/mol. The molecule has 2 nitrogen and oxygen atoms in total. The molecule has 0 radical (unpaired) electrons. The number of rotatable bonds is 5. The number of aryl methyl sites for hydroxylation is 1. The molecular formula is C18H17BrCl2N2. The molecular weight excluding hydrogens is 395 g/mol. The zero-order valence-electron chi connectivity index (χ0n) is 12.5. The lowest BCUT2D eigenvalue weighted by molar-refractivity contribution is 0.748. The van der Waals surface area contributed by atoms with Gasteiger partial charge in [-0.25, -0.2) is 0 Å². The summed E-state index contributed by atoms with van der Waals surface area (Å²) in [5, 5.41) is 2.58. The molecule has 0 aliphatic rings. The van der Waals surface area contributed by atoms with Crippen molar-refractivity contribution in [1.82, 2.24) is 4.98 Å². The summed E-state index contributed by atoms with van der Waals surface area (Å²) in [7, 11) is 0. The molecule has 0 aliphatic carbocycles. The molecule has 1 heterocycles. The number of fused-ring (bicyclic) bond motifs is 1. The summed E-state index contributed by atoms with van der Waals surface area (Å²) in [6.45, 7) is 0.708. The van der Waals surface area contributed by atoms with Crippen molar-refractivity contribution in [1.29, 1.82) is 0 Å². The third-order valence-corrected chi connectivity index (χ3v) is 4.92. The molecule has 3 rings (SSSR count). The van der Waals surface area contributed by atoms with E-state index in [1.54, 1.807) is 0 Å². The molecule has 3 aromatic rings. The van der Waals surface area contributed by atoms with Crippen LogP contribution in [0.25, 0.3) is 22.2 Å². The van der Waals surface area contributed by atoms with Crippen LogP contribution in [0, 0.1) is 0 Å². The van der Waals surface area contributed by atoms with Crippen LogP contribution < -0.4 is 5.73 Å². The van der Waals surface area contributed by atoms with E-state index in [4.69, 9.17) is 28.9 Å². The Bertz CT molecular complexity index is 842. The molecule has 0 fully saturated rings. The summed E-state index contributed by atoms with van der Waals surface area (Å²) in [5.74, 6) is 0. The van der Waals surface area contributed by atoms with E-state index in [1.165, 1.54) is 5.56 Å². The Labute approximate surface area is 154 Å². The number of aromatic nitrogens is 1. The van der Waals surface area contributed by atoms with E-state index >= 15 is 0 Å². The molecule has 120 valence electrons. The highest BCUT2D eigenvalue weighted by molar-refractivity contribution is 9.10. The first-order chi connectivity index (χ1) is 11.1. The van der Waals surface area contributed by atoms with E-state index < -0.39 is 0 Å². The van der Waals surface area contributed by atoms with Crippen LogP contribution in [0.1, 0.15) is 18.4 Å². The lowest BCUT2D eigenvalue weighted by atomic mass is 10.0. The zero-order valence-corrected chi connectivity index (χ0v) is 15.6. The number of hydrogen-bond donors (Lipinski definition) is 2. The Morgan fingerprint density at radius 2 is 1.91 bits per heavy atom. The van der Waals surface area contributed by atoms with Crippen molar-refractivity contribution in [3.63, 3.8) is 0 Å². The van der Waals surface area contributed by atoms with Gasteiger partial charge in [0.05, 0.1) is 10.5 Å². The number of aromatic amines is 1. The van der Waals surface area contributed by atoms with Gasteiger partial charge in [0.25, 0.3) is 0 Å². The van der Waals surface area contributed by atoms with Crippen LogP contribution >= 0.6 is 39.1 Å². The van der Waals surface area contributed by atoms with E-state index in [-0.39, 0.29) is 0 Å². The first kappa shape index (κ1) is 16.8. The summed E-state index contributed by atoms with van der Waals surface area (Å²) in [4.78, 5) is 3.49. The summed E-state index contributed by atoms with van der Waals surface area (Å²) >= 11 is 16.1. The van der Waals surface area contributed by atoms with Gasteiger partial charge in [-0.3, -0.25) is 0 Å². The molecule has 23 heavy (non-hydrogen) atoms. The van der Waals surface area contributed by atoms with Gasteiger partial charge in [0, 0.05) is 20.6 Å².